The van der Waals surface area contributed by atoms with E-state index in [2.05, 4.69) is 48.6 Å². The minimum absolute atomic E-state index is 0.912. The standard InChI is InChI=1S/C17H21NO/c1-14-7-9-15(10-8-14)13-18-12-11-16-5-3-4-6-17(16)19-2/h3-10,18H,11-13H2,1-2H3. The SMILES string of the molecule is COc1ccccc1CCNCc1ccc(C)cc1. The van der Waals surface area contributed by atoms with E-state index in [1.807, 2.05) is 12.1 Å². The summed E-state index contributed by atoms with van der Waals surface area (Å²) in [5.41, 5.74) is 3.88. The van der Waals surface area contributed by atoms with Crippen LogP contribution in [-0.2, 0) is 13.0 Å². The van der Waals surface area contributed by atoms with Crippen LogP contribution >= 0.6 is 0 Å². The van der Waals surface area contributed by atoms with Crippen LogP contribution in [0.15, 0.2) is 48.5 Å². The molecule has 0 radical (unpaired) electrons. The summed E-state index contributed by atoms with van der Waals surface area (Å²) in [7, 11) is 1.72. The van der Waals surface area contributed by atoms with Crippen molar-refractivity contribution >= 4 is 0 Å². The molecule has 2 aromatic rings. The summed E-state index contributed by atoms with van der Waals surface area (Å²) >= 11 is 0. The number of ether oxygens (including phenoxy) is 1. The summed E-state index contributed by atoms with van der Waals surface area (Å²) < 4.78 is 5.35. The molecule has 0 aromatic heterocycles. The summed E-state index contributed by atoms with van der Waals surface area (Å²) in [5.74, 6) is 0.972. The number of para-hydroxylation sites is 1. The van der Waals surface area contributed by atoms with E-state index in [1.165, 1.54) is 16.7 Å². The number of hydrogen-bond acceptors (Lipinski definition) is 2. The van der Waals surface area contributed by atoms with Gasteiger partial charge in [-0.15, -0.1) is 0 Å². The van der Waals surface area contributed by atoms with E-state index in [0.717, 1.165) is 25.3 Å². The molecule has 0 aliphatic carbocycles. The van der Waals surface area contributed by atoms with Gasteiger partial charge in [0.15, 0.2) is 0 Å². The van der Waals surface area contributed by atoms with Crippen LogP contribution in [0.4, 0.5) is 0 Å². The molecular weight excluding hydrogens is 234 g/mol. The van der Waals surface area contributed by atoms with Crippen molar-refractivity contribution in [2.45, 2.75) is 19.9 Å². The molecule has 19 heavy (non-hydrogen) atoms. The zero-order chi connectivity index (χ0) is 13.5. The topological polar surface area (TPSA) is 21.3 Å². The Morgan fingerprint density at radius 1 is 1.00 bits per heavy atom. The summed E-state index contributed by atoms with van der Waals surface area (Å²) in [5, 5.41) is 3.47. The highest BCUT2D eigenvalue weighted by Crippen LogP contribution is 2.17. The van der Waals surface area contributed by atoms with Gasteiger partial charge in [0.05, 0.1) is 7.11 Å². The number of hydrogen-bond donors (Lipinski definition) is 1. The van der Waals surface area contributed by atoms with Crippen LogP contribution in [0, 0.1) is 6.92 Å². The number of aryl methyl sites for hydroxylation is 1. The molecule has 0 bridgehead atoms. The first-order valence-corrected chi connectivity index (χ1v) is 6.68. The zero-order valence-electron chi connectivity index (χ0n) is 11.6. The van der Waals surface area contributed by atoms with Crippen molar-refractivity contribution in [2.75, 3.05) is 13.7 Å². The quantitative estimate of drug-likeness (QED) is 0.799. The van der Waals surface area contributed by atoms with Crippen molar-refractivity contribution in [3.8, 4) is 5.75 Å². The van der Waals surface area contributed by atoms with Crippen molar-refractivity contribution < 1.29 is 4.74 Å². The summed E-state index contributed by atoms with van der Waals surface area (Å²) in [4.78, 5) is 0. The van der Waals surface area contributed by atoms with Crippen LogP contribution in [0.2, 0.25) is 0 Å². The Balaban J connectivity index is 1.79. The largest absolute Gasteiger partial charge is 0.496 e. The van der Waals surface area contributed by atoms with Gasteiger partial charge in [0.1, 0.15) is 5.75 Å². The number of benzene rings is 2. The van der Waals surface area contributed by atoms with Gasteiger partial charge in [-0.1, -0.05) is 48.0 Å². The third kappa shape index (κ3) is 4.11. The monoisotopic (exact) mass is 255 g/mol. The molecule has 2 heteroatoms. The van der Waals surface area contributed by atoms with Crippen molar-refractivity contribution in [3.05, 3.63) is 65.2 Å². The molecule has 2 rings (SSSR count). The van der Waals surface area contributed by atoms with Gasteiger partial charge in [0.2, 0.25) is 0 Å². The fourth-order valence-electron chi connectivity index (χ4n) is 2.07. The molecule has 1 N–H and O–H groups in total. The number of nitrogens with one attached hydrogen (secondary N) is 1. The molecule has 0 saturated heterocycles. The first-order valence-electron chi connectivity index (χ1n) is 6.68. The summed E-state index contributed by atoms with van der Waals surface area (Å²) in [6.45, 7) is 3.97. The van der Waals surface area contributed by atoms with Crippen LogP contribution in [0.1, 0.15) is 16.7 Å². The maximum atomic E-state index is 5.35. The minimum Gasteiger partial charge on any atom is -0.496 e. The molecule has 0 atom stereocenters. The van der Waals surface area contributed by atoms with Gasteiger partial charge < -0.3 is 10.1 Å². The Bertz CT molecular complexity index is 505. The maximum Gasteiger partial charge on any atom is 0.122 e. The second-order valence-electron chi connectivity index (χ2n) is 4.72. The van der Waals surface area contributed by atoms with Gasteiger partial charge in [0, 0.05) is 6.54 Å². The molecule has 0 saturated carbocycles. The van der Waals surface area contributed by atoms with Gasteiger partial charge in [-0.05, 0) is 37.1 Å². The van der Waals surface area contributed by atoms with E-state index in [-0.39, 0.29) is 0 Å². The minimum atomic E-state index is 0.912. The second kappa shape index (κ2) is 6.95. The Kier molecular flexibility index (Phi) is 4.99. The molecule has 0 fully saturated rings. The highest BCUT2D eigenvalue weighted by molar-refractivity contribution is 5.33. The fourth-order valence-corrected chi connectivity index (χ4v) is 2.07. The van der Waals surface area contributed by atoms with Crippen molar-refractivity contribution in [2.24, 2.45) is 0 Å². The molecule has 0 spiro atoms. The smallest absolute Gasteiger partial charge is 0.122 e. The van der Waals surface area contributed by atoms with E-state index in [9.17, 15) is 0 Å². The highest BCUT2D eigenvalue weighted by Gasteiger charge is 2.00. The maximum absolute atomic E-state index is 5.35. The molecule has 0 aliphatic heterocycles. The highest BCUT2D eigenvalue weighted by atomic mass is 16.5. The number of methoxy groups -OCH3 is 1. The molecule has 0 aliphatic rings. The van der Waals surface area contributed by atoms with Crippen molar-refractivity contribution in [1.29, 1.82) is 0 Å². The van der Waals surface area contributed by atoms with Crippen molar-refractivity contribution in [3.63, 3.8) is 0 Å². The summed E-state index contributed by atoms with van der Waals surface area (Å²) in [6.07, 6.45) is 0.982. The van der Waals surface area contributed by atoms with Gasteiger partial charge >= 0.3 is 0 Å². The van der Waals surface area contributed by atoms with Crippen LogP contribution in [0.5, 0.6) is 5.75 Å². The number of rotatable bonds is 6. The molecule has 0 amide bonds. The van der Waals surface area contributed by atoms with Crippen molar-refractivity contribution in [1.82, 2.24) is 5.32 Å². The lowest BCUT2D eigenvalue weighted by Crippen LogP contribution is -2.16. The Labute approximate surface area is 115 Å². The van der Waals surface area contributed by atoms with Gasteiger partial charge in [-0.3, -0.25) is 0 Å². The Morgan fingerprint density at radius 3 is 2.47 bits per heavy atom. The fraction of sp³-hybridized carbons (Fsp3) is 0.294. The van der Waals surface area contributed by atoms with E-state index in [0.29, 0.717) is 0 Å². The molecule has 2 aromatic carbocycles. The molecule has 100 valence electrons. The van der Waals surface area contributed by atoms with E-state index in [4.69, 9.17) is 4.74 Å². The first-order chi connectivity index (χ1) is 9.29. The second-order valence-corrected chi connectivity index (χ2v) is 4.72. The average Bonchev–Trinajstić information content (AvgIpc) is 2.46. The zero-order valence-corrected chi connectivity index (χ0v) is 11.6. The predicted molar refractivity (Wildman–Crippen MR) is 79.6 cm³/mol. The summed E-state index contributed by atoms with van der Waals surface area (Å²) in [6, 6.07) is 16.8. The van der Waals surface area contributed by atoms with Crippen LogP contribution in [0.3, 0.4) is 0 Å². The average molecular weight is 255 g/mol. The third-order valence-corrected chi connectivity index (χ3v) is 3.21. The van der Waals surface area contributed by atoms with Crippen LogP contribution in [-0.4, -0.2) is 13.7 Å². The molecule has 2 nitrogen and oxygen atoms in total. The van der Waals surface area contributed by atoms with E-state index < -0.39 is 0 Å². The Morgan fingerprint density at radius 2 is 1.74 bits per heavy atom. The van der Waals surface area contributed by atoms with E-state index >= 15 is 0 Å². The van der Waals surface area contributed by atoms with Gasteiger partial charge in [-0.2, -0.15) is 0 Å². The van der Waals surface area contributed by atoms with Crippen LogP contribution in [0.25, 0.3) is 0 Å². The lowest BCUT2D eigenvalue weighted by molar-refractivity contribution is 0.409. The van der Waals surface area contributed by atoms with Gasteiger partial charge in [-0.25, -0.2) is 0 Å². The molecule has 0 unspecified atom stereocenters. The van der Waals surface area contributed by atoms with Crippen LogP contribution < -0.4 is 10.1 Å². The lowest BCUT2D eigenvalue weighted by Gasteiger charge is -2.09. The Hall–Kier alpha value is -1.80. The first kappa shape index (κ1) is 13.6. The molecular formula is C17H21NO. The third-order valence-electron chi connectivity index (χ3n) is 3.21. The van der Waals surface area contributed by atoms with E-state index in [1.54, 1.807) is 7.11 Å². The van der Waals surface area contributed by atoms with Gasteiger partial charge in [0.25, 0.3) is 0 Å². The lowest BCUT2D eigenvalue weighted by atomic mass is 10.1. The predicted octanol–water partition coefficient (Wildman–Crippen LogP) is 3.34. The normalized spacial score (nSPS) is 10.4. The molecule has 0 heterocycles.